The second kappa shape index (κ2) is 11.7. The maximum atomic E-state index is 13.4. The van der Waals surface area contributed by atoms with Crippen molar-refractivity contribution in [1.29, 1.82) is 0 Å². The largest absolute Gasteiger partial charge is 0.490 e. The van der Waals surface area contributed by atoms with Crippen LogP contribution in [-0.2, 0) is 16.2 Å². The average Bonchev–Trinajstić information content (AvgIpc) is 2.93. The Balaban J connectivity index is 1.47. The van der Waals surface area contributed by atoms with Crippen LogP contribution in [0.15, 0.2) is 87.3 Å². The molecular formula is C31H24Br2N2O5. The highest BCUT2D eigenvalue weighted by Crippen LogP contribution is 2.36. The number of aryl methyl sites for hydroxylation is 1. The van der Waals surface area contributed by atoms with Gasteiger partial charge in [-0.25, -0.2) is 9.69 Å². The number of amides is 4. The topological polar surface area (TPSA) is 84.9 Å². The van der Waals surface area contributed by atoms with E-state index in [1.807, 2.05) is 38.1 Å². The number of urea groups is 1. The van der Waals surface area contributed by atoms with Crippen LogP contribution in [0.25, 0.3) is 16.8 Å². The number of halogens is 2. The van der Waals surface area contributed by atoms with Crippen molar-refractivity contribution in [1.82, 2.24) is 5.32 Å². The van der Waals surface area contributed by atoms with Gasteiger partial charge >= 0.3 is 6.03 Å². The van der Waals surface area contributed by atoms with Crippen LogP contribution < -0.4 is 19.7 Å². The second-order valence-electron chi connectivity index (χ2n) is 9.07. The molecule has 1 heterocycles. The summed E-state index contributed by atoms with van der Waals surface area (Å²) in [5, 5.41) is 4.49. The predicted octanol–water partition coefficient (Wildman–Crippen LogP) is 7.32. The fourth-order valence-corrected chi connectivity index (χ4v) is 5.12. The maximum absolute atomic E-state index is 13.4. The van der Waals surface area contributed by atoms with Gasteiger partial charge in [0.1, 0.15) is 12.2 Å². The smallest absolute Gasteiger partial charge is 0.335 e. The molecule has 0 atom stereocenters. The minimum atomic E-state index is -0.805. The molecule has 0 unspecified atom stereocenters. The normalized spacial score (nSPS) is 14.6. The number of carbonyl (C=O) groups excluding carboxylic acids is 3. The van der Waals surface area contributed by atoms with Gasteiger partial charge in [-0.05, 0) is 77.7 Å². The van der Waals surface area contributed by atoms with Crippen molar-refractivity contribution in [3.05, 3.63) is 104 Å². The lowest BCUT2D eigenvalue weighted by molar-refractivity contribution is -0.122. The first kappa shape index (κ1) is 27.6. The van der Waals surface area contributed by atoms with E-state index >= 15 is 0 Å². The number of nitrogens with one attached hydrogen (secondary N) is 1. The number of barbiturate groups is 1. The summed E-state index contributed by atoms with van der Waals surface area (Å²) in [4.78, 5) is 39.7. The minimum Gasteiger partial charge on any atom is -0.490 e. The van der Waals surface area contributed by atoms with Gasteiger partial charge in [-0.2, -0.15) is 0 Å². The SMILES string of the molecule is CCOc1cc(/C=C2\C(=O)NC(=O)N(c3ccc(Br)c(C)c3)C2=O)c(Br)cc1OCc1cccc2ccccc12. The van der Waals surface area contributed by atoms with Gasteiger partial charge in [0.05, 0.1) is 12.3 Å². The number of hydrogen-bond acceptors (Lipinski definition) is 5. The maximum Gasteiger partial charge on any atom is 0.335 e. The third-order valence-electron chi connectivity index (χ3n) is 6.43. The number of fused-ring (bicyclic) bond motifs is 1. The zero-order valence-corrected chi connectivity index (χ0v) is 24.8. The van der Waals surface area contributed by atoms with Crippen LogP contribution >= 0.6 is 31.9 Å². The lowest BCUT2D eigenvalue weighted by Gasteiger charge is -2.27. The molecule has 4 amide bonds. The van der Waals surface area contributed by atoms with Crippen LogP contribution in [0.3, 0.4) is 0 Å². The zero-order valence-electron chi connectivity index (χ0n) is 21.7. The Morgan fingerprint density at radius 2 is 1.62 bits per heavy atom. The highest BCUT2D eigenvalue weighted by Gasteiger charge is 2.37. The molecule has 0 radical (unpaired) electrons. The number of nitrogens with zero attached hydrogens (tertiary/aromatic N) is 1. The summed E-state index contributed by atoms with van der Waals surface area (Å²) in [6.45, 7) is 4.40. The van der Waals surface area contributed by atoms with Crippen molar-refractivity contribution in [2.24, 2.45) is 0 Å². The Hall–Kier alpha value is -3.95. The Morgan fingerprint density at radius 3 is 2.40 bits per heavy atom. The van der Waals surface area contributed by atoms with Gasteiger partial charge in [0, 0.05) is 8.95 Å². The first-order chi connectivity index (χ1) is 19.3. The highest BCUT2D eigenvalue weighted by molar-refractivity contribution is 9.10. The average molecular weight is 664 g/mol. The summed E-state index contributed by atoms with van der Waals surface area (Å²) in [6, 6.07) is 21.9. The van der Waals surface area contributed by atoms with E-state index in [0.717, 1.165) is 31.3 Å². The highest BCUT2D eigenvalue weighted by atomic mass is 79.9. The second-order valence-corrected chi connectivity index (χ2v) is 10.8. The third-order valence-corrected chi connectivity index (χ3v) is 8.00. The molecule has 7 nitrogen and oxygen atoms in total. The van der Waals surface area contributed by atoms with Gasteiger partial charge in [-0.3, -0.25) is 14.9 Å². The van der Waals surface area contributed by atoms with Gasteiger partial charge < -0.3 is 9.47 Å². The van der Waals surface area contributed by atoms with Crippen LogP contribution in [-0.4, -0.2) is 24.5 Å². The van der Waals surface area contributed by atoms with E-state index in [1.165, 1.54) is 6.08 Å². The van der Waals surface area contributed by atoms with Gasteiger partial charge in [0.2, 0.25) is 0 Å². The lowest BCUT2D eigenvalue weighted by atomic mass is 10.1. The summed E-state index contributed by atoms with van der Waals surface area (Å²) in [5.41, 5.74) is 2.55. The molecule has 1 saturated heterocycles. The number of rotatable bonds is 7. The van der Waals surface area contributed by atoms with E-state index in [9.17, 15) is 14.4 Å². The fourth-order valence-electron chi connectivity index (χ4n) is 4.43. The van der Waals surface area contributed by atoms with Crippen LogP contribution in [0, 0.1) is 6.92 Å². The third kappa shape index (κ3) is 5.52. The molecule has 202 valence electrons. The molecule has 1 fully saturated rings. The molecule has 0 saturated carbocycles. The molecule has 4 aromatic rings. The molecule has 0 bridgehead atoms. The standard InChI is InChI=1S/C31H24Br2N2O5/c1-3-39-27-15-21(26(33)16-28(27)40-17-20-9-6-8-19-7-4-5-10-23(19)20)14-24-29(36)34-31(38)35(30(24)37)22-11-12-25(32)18(2)13-22/h4-16H,3,17H2,1-2H3,(H,34,36,38)/b24-14+. The van der Waals surface area contributed by atoms with Crippen LogP contribution in [0.1, 0.15) is 23.6 Å². The van der Waals surface area contributed by atoms with Gasteiger partial charge in [0.15, 0.2) is 11.5 Å². The molecule has 1 aliphatic heterocycles. The minimum absolute atomic E-state index is 0.187. The summed E-state index contributed by atoms with van der Waals surface area (Å²) in [5.74, 6) is -0.541. The van der Waals surface area contributed by atoms with Crippen molar-refractivity contribution in [2.45, 2.75) is 20.5 Å². The Morgan fingerprint density at radius 1 is 0.875 bits per heavy atom. The summed E-state index contributed by atoms with van der Waals surface area (Å²) in [7, 11) is 0. The first-order valence-electron chi connectivity index (χ1n) is 12.5. The summed E-state index contributed by atoms with van der Waals surface area (Å²) >= 11 is 6.97. The van der Waals surface area contributed by atoms with Crippen molar-refractivity contribution in [2.75, 3.05) is 11.5 Å². The zero-order chi connectivity index (χ0) is 28.4. The molecule has 9 heteroatoms. The van der Waals surface area contributed by atoms with Gasteiger partial charge in [-0.15, -0.1) is 0 Å². The Kier molecular flexibility index (Phi) is 8.04. The number of ether oxygens (including phenoxy) is 2. The van der Waals surface area contributed by atoms with Gasteiger partial charge in [-0.1, -0.05) is 74.3 Å². The van der Waals surface area contributed by atoms with Crippen LogP contribution in [0.4, 0.5) is 10.5 Å². The molecule has 1 aliphatic rings. The molecule has 1 N–H and O–H groups in total. The van der Waals surface area contributed by atoms with E-state index in [-0.39, 0.29) is 5.57 Å². The molecule has 5 rings (SSSR count). The lowest BCUT2D eigenvalue weighted by Crippen LogP contribution is -2.54. The van der Waals surface area contributed by atoms with Gasteiger partial charge in [0.25, 0.3) is 11.8 Å². The van der Waals surface area contributed by atoms with Crippen LogP contribution in [0.5, 0.6) is 11.5 Å². The summed E-state index contributed by atoms with van der Waals surface area (Å²) < 4.78 is 13.5. The molecular weight excluding hydrogens is 640 g/mol. The predicted molar refractivity (Wildman–Crippen MR) is 161 cm³/mol. The molecule has 0 aromatic heterocycles. The van der Waals surface area contributed by atoms with E-state index in [4.69, 9.17) is 9.47 Å². The summed E-state index contributed by atoms with van der Waals surface area (Å²) in [6.07, 6.45) is 1.43. The van der Waals surface area contributed by atoms with E-state index in [1.54, 1.807) is 30.3 Å². The number of imide groups is 2. The van der Waals surface area contributed by atoms with E-state index in [0.29, 0.717) is 40.4 Å². The molecule has 40 heavy (non-hydrogen) atoms. The number of anilines is 1. The van der Waals surface area contributed by atoms with E-state index < -0.39 is 17.8 Å². The quantitative estimate of drug-likeness (QED) is 0.166. The van der Waals surface area contributed by atoms with Crippen molar-refractivity contribution in [3.8, 4) is 11.5 Å². The molecule has 4 aromatic carbocycles. The number of benzene rings is 4. The monoisotopic (exact) mass is 662 g/mol. The van der Waals surface area contributed by atoms with Crippen molar-refractivity contribution in [3.63, 3.8) is 0 Å². The van der Waals surface area contributed by atoms with Crippen LogP contribution in [0.2, 0.25) is 0 Å². The number of carbonyl (C=O) groups is 3. The molecule has 0 spiro atoms. The Bertz CT molecular complexity index is 1690. The Labute approximate surface area is 248 Å². The molecule has 0 aliphatic carbocycles. The van der Waals surface area contributed by atoms with Crippen molar-refractivity contribution >= 4 is 72.2 Å². The number of hydrogen-bond donors (Lipinski definition) is 1. The fraction of sp³-hybridized carbons (Fsp3) is 0.129. The van der Waals surface area contributed by atoms with Crippen molar-refractivity contribution < 1.29 is 23.9 Å². The first-order valence-corrected chi connectivity index (χ1v) is 14.1. The van der Waals surface area contributed by atoms with E-state index in [2.05, 4.69) is 55.4 Å².